The van der Waals surface area contributed by atoms with Crippen LogP contribution in [-0.2, 0) is 0 Å². The van der Waals surface area contributed by atoms with Crippen LogP contribution in [0.25, 0.3) is 11.1 Å². The lowest BCUT2D eigenvalue weighted by Gasteiger charge is -2.17. The molecular formula is C25H26ClFN2O2. The van der Waals surface area contributed by atoms with Crippen LogP contribution in [0.4, 0.5) is 4.39 Å². The summed E-state index contributed by atoms with van der Waals surface area (Å²) in [6, 6.07) is 14.6. The van der Waals surface area contributed by atoms with Crippen LogP contribution < -0.4 is 9.47 Å². The molecule has 0 N–H and O–H groups in total. The van der Waals surface area contributed by atoms with Crippen molar-refractivity contribution in [3.8, 4) is 22.6 Å². The van der Waals surface area contributed by atoms with E-state index in [1.165, 1.54) is 32.0 Å². The molecular weight excluding hydrogens is 415 g/mol. The first-order valence-corrected chi connectivity index (χ1v) is 11.0. The molecule has 3 aromatic rings. The lowest BCUT2D eigenvalue weighted by Crippen LogP contribution is -2.25. The third-order valence-corrected chi connectivity index (χ3v) is 5.91. The molecule has 1 unspecified atom stereocenters. The van der Waals surface area contributed by atoms with E-state index in [1.807, 2.05) is 37.3 Å². The average molecular weight is 441 g/mol. The molecule has 6 heteroatoms. The van der Waals surface area contributed by atoms with Crippen LogP contribution in [-0.4, -0.2) is 36.1 Å². The van der Waals surface area contributed by atoms with E-state index in [1.54, 1.807) is 24.5 Å². The van der Waals surface area contributed by atoms with Gasteiger partial charge < -0.3 is 9.47 Å². The summed E-state index contributed by atoms with van der Waals surface area (Å²) >= 11 is 6.08. The van der Waals surface area contributed by atoms with E-state index in [-0.39, 0.29) is 5.02 Å². The van der Waals surface area contributed by atoms with Crippen molar-refractivity contribution in [2.24, 2.45) is 0 Å². The highest BCUT2D eigenvalue weighted by molar-refractivity contribution is 6.31. The Bertz CT molecular complexity index is 1010. The minimum Gasteiger partial charge on any atom is -0.492 e. The molecule has 0 amide bonds. The molecule has 1 aliphatic rings. The molecule has 0 aliphatic carbocycles. The number of pyridine rings is 1. The van der Waals surface area contributed by atoms with Crippen molar-refractivity contribution in [2.75, 3.05) is 26.2 Å². The summed E-state index contributed by atoms with van der Waals surface area (Å²) in [5.74, 6) is 0.998. The molecule has 31 heavy (non-hydrogen) atoms. The SMILES string of the molecule is CC(Oc1cncc(-c2ccc(OCCN3CCCC3)cc2)c1)c1cccc(F)c1Cl. The van der Waals surface area contributed by atoms with Crippen molar-refractivity contribution in [3.63, 3.8) is 0 Å². The van der Waals surface area contributed by atoms with Gasteiger partial charge in [0.25, 0.3) is 0 Å². The standard InChI is InChI=1S/C25H26ClFN2O2/c1-18(23-5-4-6-24(27)25(23)26)31-22-15-20(16-28-17-22)19-7-9-21(10-8-19)30-14-13-29-11-2-3-12-29/h4-10,15-18H,2-3,11-14H2,1H3. The average Bonchev–Trinajstić information content (AvgIpc) is 3.30. The first kappa shape index (κ1) is 21.6. The van der Waals surface area contributed by atoms with Crippen LogP contribution in [0.3, 0.4) is 0 Å². The Morgan fingerprint density at radius 1 is 1.03 bits per heavy atom. The van der Waals surface area contributed by atoms with Gasteiger partial charge in [0.15, 0.2) is 0 Å². The van der Waals surface area contributed by atoms with Crippen molar-refractivity contribution in [1.29, 1.82) is 0 Å². The molecule has 2 heterocycles. The summed E-state index contributed by atoms with van der Waals surface area (Å²) in [5.41, 5.74) is 2.54. The van der Waals surface area contributed by atoms with Crippen LogP contribution >= 0.6 is 11.6 Å². The molecule has 1 atom stereocenters. The largest absolute Gasteiger partial charge is 0.492 e. The molecule has 4 nitrogen and oxygen atoms in total. The fourth-order valence-corrected chi connectivity index (χ4v) is 4.07. The topological polar surface area (TPSA) is 34.6 Å². The highest BCUT2D eigenvalue weighted by Crippen LogP contribution is 2.31. The first-order chi connectivity index (χ1) is 15.1. The van der Waals surface area contributed by atoms with Crippen LogP contribution in [0.1, 0.15) is 31.4 Å². The molecule has 0 bridgehead atoms. The third-order valence-electron chi connectivity index (χ3n) is 5.51. The number of benzene rings is 2. The molecule has 1 saturated heterocycles. The quantitative estimate of drug-likeness (QED) is 0.420. The molecule has 0 saturated carbocycles. The zero-order valence-corrected chi connectivity index (χ0v) is 18.3. The van der Waals surface area contributed by atoms with E-state index in [9.17, 15) is 4.39 Å². The molecule has 162 valence electrons. The van der Waals surface area contributed by atoms with Crippen molar-refractivity contribution >= 4 is 11.6 Å². The van der Waals surface area contributed by atoms with E-state index in [0.29, 0.717) is 17.9 Å². The predicted octanol–water partition coefficient (Wildman–Crippen LogP) is 6.16. The Morgan fingerprint density at radius 3 is 2.58 bits per heavy atom. The van der Waals surface area contributed by atoms with Gasteiger partial charge in [0.05, 0.1) is 11.2 Å². The Balaban J connectivity index is 1.38. The van der Waals surface area contributed by atoms with Gasteiger partial charge >= 0.3 is 0 Å². The minimum atomic E-state index is -0.454. The van der Waals surface area contributed by atoms with Gasteiger partial charge in [0.1, 0.15) is 30.0 Å². The van der Waals surface area contributed by atoms with E-state index in [0.717, 1.165) is 23.4 Å². The van der Waals surface area contributed by atoms with Gasteiger partial charge in [-0.1, -0.05) is 35.9 Å². The summed E-state index contributed by atoms with van der Waals surface area (Å²) in [7, 11) is 0. The van der Waals surface area contributed by atoms with Crippen molar-refractivity contribution in [3.05, 3.63) is 77.3 Å². The predicted molar refractivity (Wildman–Crippen MR) is 121 cm³/mol. The number of rotatable bonds is 8. The lowest BCUT2D eigenvalue weighted by molar-refractivity contribution is 0.226. The van der Waals surface area contributed by atoms with Gasteiger partial charge in [-0.3, -0.25) is 9.88 Å². The second kappa shape index (κ2) is 10.1. The number of hydrogen-bond acceptors (Lipinski definition) is 4. The highest BCUT2D eigenvalue weighted by Gasteiger charge is 2.15. The Labute approximate surface area is 187 Å². The number of ether oxygens (including phenoxy) is 2. The maximum atomic E-state index is 13.7. The summed E-state index contributed by atoms with van der Waals surface area (Å²) in [5, 5.41) is 0.0828. The maximum Gasteiger partial charge on any atom is 0.142 e. The molecule has 0 radical (unpaired) electrons. The monoisotopic (exact) mass is 440 g/mol. The lowest BCUT2D eigenvalue weighted by atomic mass is 10.1. The van der Waals surface area contributed by atoms with Gasteiger partial charge in [-0.25, -0.2) is 4.39 Å². The molecule has 1 aromatic heterocycles. The number of likely N-dealkylation sites (tertiary alicyclic amines) is 1. The van der Waals surface area contributed by atoms with Crippen LogP contribution in [0, 0.1) is 5.82 Å². The van der Waals surface area contributed by atoms with Gasteiger partial charge in [-0.2, -0.15) is 0 Å². The Morgan fingerprint density at radius 2 is 1.81 bits per heavy atom. The summed E-state index contributed by atoms with van der Waals surface area (Å²) < 4.78 is 25.6. The molecule has 0 spiro atoms. The third kappa shape index (κ3) is 5.54. The Hall–Kier alpha value is -2.63. The van der Waals surface area contributed by atoms with Gasteiger partial charge in [-0.15, -0.1) is 0 Å². The number of aromatic nitrogens is 1. The van der Waals surface area contributed by atoms with Crippen molar-refractivity contribution in [2.45, 2.75) is 25.9 Å². The Kier molecular flexibility index (Phi) is 7.05. The fraction of sp³-hybridized carbons (Fsp3) is 0.320. The van der Waals surface area contributed by atoms with Gasteiger partial charge in [0, 0.05) is 23.9 Å². The van der Waals surface area contributed by atoms with E-state index in [4.69, 9.17) is 21.1 Å². The minimum absolute atomic E-state index is 0.0828. The number of halogens is 2. The van der Waals surface area contributed by atoms with E-state index < -0.39 is 11.9 Å². The maximum absolute atomic E-state index is 13.7. The van der Waals surface area contributed by atoms with Crippen LogP contribution in [0.15, 0.2) is 60.9 Å². The van der Waals surface area contributed by atoms with E-state index >= 15 is 0 Å². The number of hydrogen-bond donors (Lipinski definition) is 0. The fourth-order valence-electron chi connectivity index (χ4n) is 3.79. The summed E-state index contributed by atoms with van der Waals surface area (Å²) in [4.78, 5) is 6.73. The van der Waals surface area contributed by atoms with Gasteiger partial charge in [-0.05, 0) is 62.7 Å². The zero-order valence-electron chi connectivity index (χ0n) is 17.6. The normalized spacial score (nSPS) is 15.1. The van der Waals surface area contributed by atoms with Crippen LogP contribution in [0.5, 0.6) is 11.5 Å². The summed E-state index contributed by atoms with van der Waals surface area (Å²) in [6.45, 7) is 5.86. The van der Waals surface area contributed by atoms with Crippen molar-refractivity contribution in [1.82, 2.24) is 9.88 Å². The number of nitrogens with zero attached hydrogens (tertiary/aromatic N) is 2. The molecule has 1 aliphatic heterocycles. The molecule has 4 rings (SSSR count). The first-order valence-electron chi connectivity index (χ1n) is 10.6. The molecule has 2 aromatic carbocycles. The molecule has 1 fully saturated rings. The zero-order chi connectivity index (χ0) is 21.6. The van der Waals surface area contributed by atoms with E-state index in [2.05, 4.69) is 9.88 Å². The second-order valence-corrected chi connectivity index (χ2v) is 8.11. The van der Waals surface area contributed by atoms with Gasteiger partial charge in [0.2, 0.25) is 0 Å². The summed E-state index contributed by atoms with van der Waals surface area (Å²) in [6.07, 6.45) is 5.60. The highest BCUT2D eigenvalue weighted by atomic mass is 35.5. The van der Waals surface area contributed by atoms with Crippen molar-refractivity contribution < 1.29 is 13.9 Å². The second-order valence-electron chi connectivity index (χ2n) is 7.73. The van der Waals surface area contributed by atoms with Crippen LogP contribution in [0.2, 0.25) is 5.02 Å². The smallest absolute Gasteiger partial charge is 0.142 e.